The zero-order chi connectivity index (χ0) is 48.2. The largest absolute Gasteiger partial charge is 0.463 e. The summed E-state index contributed by atoms with van der Waals surface area (Å²) in [6.07, 6.45) is -27.2. The number of esters is 10. The third-order valence-corrected chi connectivity index (χ3v) is 8.84. The molecule has 64 heavy (non-hydrogen) atoms. The molecule has 0 aromatic heterocycles. The van der Waals surface area contributed by atoms with Crippen LogP contribution in [0.25, 0.3) is 0 Å². The second-order valence-corrected chi connectivity index (χ2v) is 14.3. The minimum Gasteiger partial charge on any atom is -0.463 e. The Labute approximate surface area is 364 Å². The fourth-order valence-corrected chi connectivity index (χ4v) is 6.77. The Kier molecular flexibility index (Phi) is 19.8. The van der Waals surface area contributed by atoms with Crippen molar-refractivity contribution in [1.29, 1.82) is 0 Å². The SMILES string of the molecule is CC(=O)OC[C@H]1O[C@H](O[C@@H]2[C@H](OC(C)=O)[C@@H](OC(C)=O)[C@H](O[C@H]3[C@H](OC(C)=O)[C@@H](OC(C)=O)C(O)O[C@@H]3COC(C)=O)O[C@@H]2COC(C)=O)[C@H](OC(C)=O)[C@@H](OC(C)=O)[C@H]1OC(C)=O. The van der Waals surface area contributed by atoms with E-state index in [1.54, 1.807) is 0 Å². The summed E-state index contributed by atoms with van der Waals surface area (Å²) in [7, 11) is 0. The predicted octanol–water partition coefficient (Wildman–Crippen LogP) is -1.86. The van der Waals surface area contributed by atoms with Gasteiger partial charge in [-0.2, -0.15) is 0 Å². The van der Waals surface area contributed by atoms with Crippen LogP contribution in [-0.4, -0.2) is 177 Å². The summed E-state index contributed by atoms with van der Waals surface area (Å²) < 4.78 is 84.2. The molecular formula is C38H52O26. The van der Waals surface area contributed by atoms with Crippen molar-refractivity contribution in [2.75, 3.05) is 19.8 Å². The monoisotopic (exact) mass is 924 g/mol. The summed E-state index contributed by atoms with van der Waals surface area (Å²) >= 11 is 0. The molecule has 1 N–H and O–H groups in total. The van der Waals surface area contributed by atoms with E-state index in [9.17, 15) is 53.1 Å². The lowest BCUT2D eigenvalue weighted by molar-refractivity contribution is -0.378. The first kappa shape index (κ1) is 52.8. The van der Waals surface area contributed by atoms with Crippen LogP contribution >= 0.6 is 0 Å². The van der Waals surface area contributed by atoms with E-state index in [0.717, 1.165) is 69.2 Å². The highest BCUT2D eigenvalue weighted by molar-refractivity contribution is 5.70. The van der Waals surface area contributed by atoms with Crippen LogP contribution in [0.15, 0.2) is 0 Å². The summed E-state index contributed by atoms with van der Waals surface area (Å²) in [5.41, 5.74) is 0. The Morgan fingerprint density at radius 3 is 0.906 bits per heavy atom. The number of aliphatic hydroxyl groups is 1. The topological polar surface area (TPSA) is 329 Å². The Hall–Kier alpha value is -5.54. The van der Waals surface area contributed by atoms with Crippen LogP contribution in [0.4, 0.5) is 0 Å². The number of hydrogen-bond acceptors (Lipinski definition) is 26. The van der Waals surface area contributed by atoms with Crippen molar-refractivity contribution in [1.82, 2.24) is 0 Å². The van der Waals surface area contributed by atoms with Gasteiger partial charge in [0.1, 0.15) is 50.3 Å². The van der Waals surface area contributed by atoms with E-state index in [1.165, 1.54) is 0 Å². The molecule has 360 valence electrons. The zero-order valence-corrected chi connectivity index (χ0v) is 36.4. The Bertz CT molecular complexity index is 1730. The first-order valence-corrected chi connectivity index (χ1v) is 19.4. The normalized spacial score (nSPS) is 32.3. The standard InChI is InChI=1S/C38H52O26/c1-14(39)50-11-24-28(30(54-18(5)43)33(36(49)60-24)57-21(8)46)63-38-35(59-23(10)48)32(56-20(7)45)29(26(62-38)13-52-16(3)41)64-37-34(58-22(9)47)31(55-19(6)44)27(53-17(4)42)25(61-37)12-51-15(2)40/h24-38,49H,11-13H2,1-10H3/t24-,25-,26-,27+,28-,29+,30+,31+,32+,33-,34-,35-,36?,37-,38+/m1/s1. The summed E-state index contributed by atoms with van der Waals surface area (Å²) in [4.78, 5) is 124. The Morgan fingerprint density at radius 1 is 0.328 bits per heavy atom. The predicted molar refractivity (Wildman–Crippen MR) is 197 cm³/mol. The molecule has 0 saturated carbocycles. The molecule has 3 saturated heterocycles. The van der Waals surface area contributed by atoms with Crippen LogP contribution in [0.1, 0.15) is 69.2 Å². The second-order valence-electron chi connectivity index (χ2n) is 14.3. The van der Waals surface area contributed by atoms with E-state index in [2.05, 4.69) is 0 Å². The van der Waals surface area contributed by atoms with Crippen molar-refractivity contribution >= 4 is 59.7 Å². The summed E-state index contributed by atoms with van der Waals surface area (Å²) in [6.45, 7) is 7.65. The lowest BCUT2D eigenvalue weighted by Gasteiger charge is -2.50. The molecule has 0 spiro atoms. The van der Waals surface area contributed by atoms with Gasteiger partial charge in [-0.05, 0) is 0 Å². The summed E-state index contributed by atoms with van der Waals surface area (Å²) in [5.74, 6) is -9.61. The molecule has 3 aliphatic heterocycles. The first-order valence-electron chi connectivity index (χ1n) is 19.4. The molecule has 3 heterocycles. The van der Waals surface area contributed by atoms with Gasteiger partial charge in [0.05, 0.1) is 0 Å². The van der Waals surface area contributed by atoms with Gasteiger partial charge < -0.3 is 76.2 Å². The average molecular weight is 925 g/mol. The van der Waals surface area contributed by atoms with Gasteiger partial charge in [-0.1, -0.05) is 0 Å². The van der Waals surface area contributed by atoms with Crippen molar-refractivity contribution in [3.8, 4) is 0 Å². The molecule has 26 heteroatoms. The van der Waals surface area contributed by atoms with Crippen LogP contribution < -0.4 is 0 Å². The van der Waals surface area contributed by atoms with Crippen molar-refractivity contribution in [3.05, 3.63) is 0 Å². The lowest BCUT2D eigenvalue weighted by atomic mass is 9.95. The van der Waals surface area contributed by atoms with Crippen molar-refractivity contribution in [2.24, 2.45) is 0 Å². The summed E-state index contributed by atoms with van der Waals surface area (Å²) in [5, 5.41) is 10.9. The van der Waals surface area contributed by atoms with E-state index in [1.807, 2.05) is 0 Å². The van der Waals surface area contributed by atoms with Gasteiger partial charge in [0.25, 0.3) is 0 Å². The molecule has 0 radical (unpaired) electrons. The van der Waals surface area contributed by atoms with Crippen molar-refractivity contribution in [3.63, 3.8) is 0 Å². The Balaban J connectivity index is 2.28. The minimum absolute atomic E-state index is 0.681. The molecule has 0 aromatic carbocycles. The average Bonchev–Trinajstić information content (AvgIpc) is 3.15. The number of ether oxygens (including phenoxy) is 15. The van der Waals surface area contributed by atoms with E-state index in [0.29, 0.717) is 0 Å². The van der Waals surface area contributed by atoms with E-state index in [-0.39, 0.29) is 0 Å². The molecule has 0 amide bonds. The third kappa shape index (κ3) is 15.6. The van der Waals surface area contributed by atoms with Gasteiger partial charge in [-0.3, -0.25) is 47.9 Å². The number of carbonyl (C=O) groups excluding carboxylic acids is 10. The third-order valence-electron chi connectivity index (χ3n) is 8.84. The van der Waals surface area contributed by atoms with Crippen LogP contribution in [0.2, 0.25) is 0 Å². The van der Waals surface area contributed by atoms with Crippen LogP contribution in [-0.2, 0) is 119 Å². The molecule has 0 aromatic rings. The molecular weight excluding hydrogens is 872 g/mol. The van der Waals surface area contributed by atoms with Gasteiger partial charge in [0.2, 0.25) is 0 Å². The molecule has 3 aliphatic rings. The van der Waals surface area contributed by atoms with Crippen molar-refractivity contribution in [2.45, 2.75) is 161 Å². The fraction of sp³-hybridized carbons (Fsp3) is 0.737. The van der Waals surface area contributed by atoms with E-state index >= 15 is 0 Å². The maximum atomic E-state index is 12.9. The highest BCUT2D eigenvalue weighted by atomic mass is 16.8. The molecule has 3 fully saturated rings. The molecule has 3 rings (SSSR count). The highest BCUT2D eigenvalue weighted by Gasteiger charge is 2.59. The zero-order valence-electron chi connectivity index (χ0n) is 36.4. The fourth-order valence-electron chi connectivity index (χ4n) is 6.77. The maximum absolute atomic E-state index is 12.9. The number of rotatable bonds is 17. The van der Waals surface area contributed by atoms with Crippen LogP contribution in [0.3, 0.4) is 0 Å². The molecule has 1 unspecified atom stereocenters. The van der Waals surface area contributed by atoms with Crippen molar-refractivity contribution < 1.29 is 124 Å². The molecule has 0 aliphatic carbocycles. The second kappa shape index (κ2) is 23.9. The van der Waals surface area contributed by atoms with Gasteiger partial charge in [-0.15, -0.1) is 0 Å². The van der Waals surface area contributed by atoms with E-state index in [4.69, 9.17) is 71.1 Å². The number of hydrogen-bond donors (Lipinski definition) is 1. The molecule has 0 bridgehead atoms. The summed E-state index contributed by atoms with van der Waals surface area (Å²) in [6, 6.07) is 0. The van der Waals surface area contributed by atoms with Gasteiger partial charge in [0, 0.05) is 69.2 Å². The quantitative estimate of drug-likeness (QED) is 0.123. The highest BCUT2D eigenvalue weighted by Crippen LogP contribution is 2.38. The minimum atomic E-state index is -2.02. The lowest BCUT2D eigenvalue weighted by Crippen LogP contribution is -2.68. The van der Waals surface area contributed by atoms with Gasteiger partial charge >= 0.3 is 59.7 Å². The molecule has 26 nitrogen and oxygen atoms in total. The van der Waals surface area contributed by atoms with Gasteiger partial charge in [0.15, 0.2) is 61.6 Å². The van der Waals surface area contributed by atoms with Gasteiger partial charge in [-0.25, -0.2) is 0 Å². The first-order chi connectivity index (χ1) is 29.9. The number of carbonyl (C=O) groups is 10. The smallest absolute Gasteiger partial charge is 0.303 e. The Morgan fingerprint density at radius 2 is 0.578 bits per heavy atom. The van der Waals surface area contributed by atoms with Crippen LogP contribution in [0.5, 0.6) is 0 Å². The maximum Gasteiger partial charge on any atom is 0.303 e. The van der Waals surface area contributed by atoms with E-state index < -0.39 is 172 Å². The molecule has 15 atom stereocenters. The number of aliphatic hydroxyl groups excluding tert-OH is 1. The van der Waals surface area contributed by atoms with Crippen LogP contribution in [0, 0.1) is 0 Å².